The molecule has 0 saturated carbocycles. The molecule has 1 aliphatic heterocycles. The molecule has 0 radical (unpaired) electrons. The van der Waals surface area contributed by atoms with E-state index in [-0.39, 0.29) is 23.8 Å². The summed E-state index contributed by atoms with van der Waals surface area (Å²) in [6.07, 6.45) is 2.17. The van der Waals surface area contributed by atoms with Crippen LogP contribution in [0.1, 0.15) is 48.1 Å². The Bertz CT molecular complexity index is 1070. The number of carbonyl (C=O) groups is 2. The first-order valence-electron chi connectivity index (χ1n) is 10.9. The zero-order chi connectivity index (χ0) is 21.8. The lowest BCUT2D eigenvalue weighted by Crippen LogP contribution is -2.43. The van der Waals surface area contributed by atoms with Crippen LogP contribution >= 0.6 is 11.6 Å². The van der Waals surface area contributed by atoms with E-state index in [2.05, 4.69) is 12.2 Å². The Morgan fingerprint density at radius 3 is 2.39 bits per heavy atom. The number of carbonyl (C=O) groups excluding carboxylic acids is 2. The molecule has 5 heteroatoms. The van der Waals surface area contributed by atoms with Crippen molar-refractivity contribution in [1.82, 2.24) is 10.2 Å². The number of likely N-dealkylation sites (tertiary alicyclic amines) is 1. The van der Waals surface area contributed by atoms with E-state index in [1.807, 2.05) is 71.6 Å². The molecule has 1 heterocycles. The predicted molar refractivity (Wildman–Crippen MR) is 125 cm³/mol. The second kappa shape index (κ2) is 9.52. The van der Waals surface area contributed by atoms with Crippen LogP contribution in [0.4, 0.5) is 0 Å². The highest BCUT2D eigenvalue weighted by atomic mass is 35.5. The maximum absolute atomic E-state index is 13.1. The summed E-state index contributed by atoms with van der Waals surface area (Å²) < 4.78 is 0. The minimum absolute atomic E-state index is 0.0277. The Morgan fingerprint density at radius 2 is 1.68 bits per heavy atom. The molecule has 31 heavy (non-hydrogen) atoms. The summed E-state index contributed by atoms with van der Waals surface area (Å²) in [4.78, 5) is 27.9. The molecule has 0 unspecified atom stereocenters. The number of benzene rings is 3. The first-order valence-corrected chi connectivity index (χ1v) is 11.3. The van der Waals surface area contributed by atoms with E-state index in [1.165, 1.54) is 0 Å². The van der Waals surface area contributed by atoms with Crippen molar-refractivity contribution < 1.29 is 9.59 Å². The van der Waals surface area contributed by atoms with Crippen LogP contribution in [0, 0.1) is 5.92 Å². The molecular formula is C26H27ClN2O2. The molecule has 4 rings (SSSR count). The molecule has 0 bridgehead atoms. The van der Waals surface area contributed by atoms with Crippen LogP contribution in [0.5, 0.6) is 0 Å². The lowest BCUT2D eigenvalue weighted by atomic mass is 9.93. The van der Waals surface area contributed by atoms with Crippen molar-refractivity contribution in [2.24, 2.45) is 5.92 Å². The van der Waals surface area contributed by atoms with E-state index in [1.54, 1.807) is 0 Å². The molecule has 2 amide bonds. The normalized spacial score (nSPS) is 15.6. The number of halogens is 1. The highest BCUT2D eigenvalue weighted by molar-refractivity contribution is 6.30. The maximum Gasteiger partial charge on any atom is 0.254 e. The summed E-state index contributed by atoms with van der Waals surface area (Å²) in [5.41, 5.74) is 1.79. The summed E-state index contributed by atoms with van der Waals surface area (Å²) >= 11 is 5.98. The number of nitrogens with one attached hydrogen (secondary N) is 1. The van der Waals surface area contributed by atoms with Crippen molar-refractivity contribution in [3.05, 3.63) is 82.9 Å². The molecule has 3 aromatic carbocycles. The summed E-state index contributed by atoms with van der Waals surface area (Å²) in [6, 6.07) is 21.4. The average Bonchev–Trinajstić information content (AvgIpc) is 2.82. The molecule has 0 aromatic heterocycles. The minimum atomic E-state index is -0.0714. The van der Waals surface area contributed by atoms with Gasteiger partial charge in [0.15, 0.2) is 0 Å². The monoisotopic (exact) mass is 434 g/mol. The van der Waals surface area contributed by atoms with E-state index in [9.17, 15) is 9.59 Å². The fourth-order valence-corrected chi connectivity index (χ4v) is 4.46. The van der Waals surface area contributed by atoms with Crippen LogP contribution in [0.15, 0.2) is 66.7 Å². The molecule has 0 aliphatic carbocycles. The first kappa shape index (κ1) is 21.4. The van der Waals surface area contributed by atoms with Gasteiger partial charge in [0.2, 0.25) is 5.91 Å². The molecule has 1 atom stereocenters. The second-order valence-electron chi connectivity index (χ2n) is 8.11. The van der Waals surface area contributed by atoms with Gasteiger partial charge in [-0.1, -0.05) is 67.1 Å². The third kappa shape index (κ3) is 4.75. The molecule has 3 aromatic rings. The van der Waals surface area contributed by atoms with Crippen molar-refractivity contribution in [3.8, 4) is 0 Å². The van der Waals surface area contributed by atoms with Crippen LogP contribution < -0.4 is 5.32 Å². The Labute approximate surface area is 188 Å². The second-order valence-corrected chi connectivity index (χ2v) is 8.55. The van der Waals surface area contributed by atoms with Crippen LogP contribution in [0.25, 0.3) is 10.8 Å². The van der Waals surface area contributed by atoms with Crippen LogP contribution in [0.3, 0.4) is 0 Å². The number of nitrogens with zero attached hydrogens (tertiary/aromatic N) is 1. The van der Waals surface area contributed by atoms with E-state index in [0.717, 1.165) is 28.3 Å². The van der Waals surface area contributed by atoms with E-state index < -0.39 is 0 Å². The van der Waals surface area contributed by atoms with E-state index in [0.29, 0.717) is 31.0 Å². The molecule has 1 fully saturated rings. The summed E-state index contributed by atoms with van der Waals surface area (Å²) in [6.45, 7) is 3.25. The van der Waals surface area contributed by atoms with Gasteiger partial charge in [-0.2, -0.15) is 0 Å². The van der Waals surface area contributed by atoms with Crippen molar-refractivity contribution in [3.63, 3.8) is 0 Å². The molecule has 1 saturated heterocycles. The molecule has 1 aliphatic rings. The SMILES string of the molecule is CC[C@@H](NC(=O)C1CCN(C(=O)c2cccc3ccccc23)CC1)c1ccc(Cl)cc1. The van der Waals surface area contributed by atoms with Gasteiger partial charge in [0.25, 0.3) is 5.91 Å². The fraction of sp³-hybridized carbons (Fsp3) is 0.308. The Morgan fingerprint density at radius 1 is 1.00 bits per heavy atom. The standard InChI is InChI=1S/C26H27ClN2O2/c1-2-24(19-10-12-21(27)13-11-19)28-25(30)20-14-16-29(17-15-20)26(31)23-9-5-7-18-6-3-4-8-22(18)23/h3-13,20,24H,2,14-17H2,1H3,(H,28,30)/t24-/m1/s1. The zero-order valence-electron chi connectivity index (χ0n) is 17.7. The zero-order valence-corrected chi connectivity index (χ0v) is 18.4. The van der Waals surface area contributed by atoms with Crippen LogP contribution in [-0.4, -0.2) is 29.8 Å². The van der Waals surface area contributed by atoms with Gasteiger partial charge in [-0.05, 0) is 53.8 Å². The van der Waals surface area contributed by atoms with Crippen LogP contribution in [-0.2, 0) is 4.79 Å². The largest absolute Gasteiger partial charge is 0.349 e. The third-order valence-electron chi connectivity index (χ3n) is 6.17. The van der Waals surface area contributed by atoms with Crippen molar-refractivity contribution in [2.75, 3.05) is 13.1 Å². The Kier molecular flexibility index (Phi) is 6.57. The van der Waals surface area contributed by atoms with Gasteiger partial charge in [-0.25, -0.2) is 0 Å². The lowest BCUT2D eigenvalue weighted by molar-refractivity contribution is -0.127. The molecule has 4 nitrogen and oxygen atoms in total. The number of hydrogen-bond donors (Lipinski definition) is 1. The van der Waals surface area contributed by atoms with E-state index in [4.69, 9.17) is 11.6 Å². The number of hydrogen-bond acceptors (Lipinski definition) is 2. The van der Waals surface area contributed by atoms with Crippen molar-refractivity contribution in [2.45, 2.75) is 32.2 Å². The van der Waals surface area contributed by atoms with Gasteiger partial charge >= 0.3 is 0 Å². The minimum Gasteiger partial charge on any atom is -0.349 e. The Balaban J connectivity index is 1.38. The quantitative estimate of drug-likeness (QED) is 0.567. The van der Waals surface area contributed by atoms with E-state index >= 15 is 0 Å². The van der Waals surface area contributed by atoms with Crippen LogP contribution in [0.2, 0.25) is 5.02 Å². The smallest absolute Gasteiger partial charge is 0.254 e. The highest BCUT2D eigenvalue weighted by Gasteiger charge is 2.29. The summed E-state index contributed by atoms with van der Waals surface area (Å²) in [5, 5.41) is 5.92. The fourth-order valence-electron chi connectivity index (χ4n) is 4.33. The number of rotatable bonds is 5. The maximum atomic E-state index is 13.1. The number of amides is 2. The van der Waals surface area contributed by atoms with Gasteiger partial charge < -0.3 is 10.2 Å². The molecule has 160 valence electrons. The number of piperidine rings is 1. The summed E-state index contributed by atoms with van der Waals surface area (Å²) in [7, 11) is 0. The van der Waals surface area contributed by atoms with Gasteiger partial charge in [0, 0.05) is 29.6 Å². The van der Waals surface area contributed by atoms with Crippen molar-refractivity contribution >= 4 is 34.2 Å². The average molecular weight is 435 g/mol. The molecule has 1 N–H and O–H groups in total. The van der Waals surface area contributed by atoms with Gasteiger partial charge in [-0.15, -0.1) is 0 Å². The highest BCUT2D eigenvalue weighted by Crippen LogP contribution is 2.25. The summed E-state index contributed by atoms with van der Waals surface area (Å²) in [5.74, 6) is 0.0419. The topological polar surface area (TPSA) is 49.4 Å². The lowest BCUT2D eigenvalue weighted by Gasteiger charge is -2.32. The molecule has 0 spiro atoms. The third-order valence-corrected chi connectivity index (χ3v) is 6.42. The van der Waals surface area contributed by atoms with Gasteiger partial charge in [0.1, 0.15) is 0 Å². The van der Waals surface area contributed by atoms with Crippen molar-refractivity contribution in [1.29, 1.82) is 0 Å². The molecular weight excluding hydrogens is 408 g/mol. The first-order chi connectivity index (χ1) is 15.1. The Hall–Kier alpha value is -2.85. The number of fused-ring (bicyclic) bond motifs is 1. The van der Waals surface area contributed by atoms with Gasteiger partial charge in [0.05, 0.1) is 6.04 Å². The predicted octanol–water partition coefficient (Wildman–Crippen LogP) is 5.61. The van der Waals surface area contributed by atoms with Gasteiger partial charge in [-0.3, -0.25) is 9.59 Å².